The molecule has 7 nitrogen and oxygen atoms in total. The molecule has 43 heavy (non-hydrogen) atoms. The number of anilines is 1. The van der Waals surface area contributed by atoms with Gasteiger partial charge in [0.05, 0.1) is 22.4 Å². The van der Waals surface area contributed by atoms with Crippen molar-refractivity contribution >= 4 is 42.9 Å². The molecule has 2 fully saturated rings. The van der Waals surface area contributed by atoms with Crippen molar-refractivity contribution in [1.29, 1.82) is 0 Å². The number of fused-ring (bicyclic) bond motifs is 3. The van der Waals surface area contributed by atoms with E-state index in [1.807, 2.05) is 0 Å². The maximum atomic E-state index is 14.9. The molecule has 0 bridgehead atoms. The zero-order valence-electron chi connectivity index (χ0n) is 22.0. The number of hydrogen-bond donors (Lipinski definition) is 1. The fourth-order valence-electron chi connectivity index (χ4n) is 6.34. The molecule has 1 N–H and O–H groups in total. The molecule has 2 aromatic rings. The standard InChI is InChI=1S/C26H24ClF7N2O5S2/c27-17-2-4-18(5-3-17)43(40,41)23-9-10-36(22(37)15-7-11-42(38,39)12-8-15)21(23)14-35-20-13-16(1-6-19(20)23)24(28,25(29,30)31)26(32,33)34/h1-6,13,15,21,35H,7-12,14H2. The van der Waals surface area contributed by atoms with Crippen LogP contribution in [0.5, 0.6) is 0 Å². The summed E-state index contributed by atoms with van der Waals surface area (Å²) in [6, 6.07) is 5.07. The lowest BCUT2D eigenvalue weighted by molar-refractivity contribution is -0.348. The van der Waals surface area contributed by atoms with Gasteiger partial charge in [-0.15, -0.1) is 0 Å². The maximum absolute atomic E-state index is 14.9. The van der Waals surface area contributed by atoms with Crippen LogP contribution in [0.1, 0.15) is 30.4 Å². The fraction of sp³-hybridized carbons (Fsp3) is 0.500. The number of rotatable bonds is 4. The zero-order valence-corrected chi connectivity index (χ0v) is 24.4. The highest BCUT2D eigenvalue weighted by molar-refractivity contribution is 7.92. The van der Waals surface area contributed by atoms with E-state index < -0.39 is 78.1 Å². The Kier molecular flexibility index (Phi) is 7.57. The molecule has 0 spiro atoms. The van der Waals surface area contributed by atoms with Gasteiger partial charge in [-0.05, 0) is 55.2 Å². The predicted octanol–water partition coefficient (Wildman–Crippen LogP) is 5.15. The molecule has 3 heterocycles. The van der Waals surface area contributed by atoms with Crippen LogP contribution in [0.15, 0.2) is 47.4 Å². The summed E-state index contributed by atoms with van der Waals surface area (Å²) < 4.78 is 147. The third-order valence-electron chi connectivity index (χ3n) is 8.57. The number of halogens is 8. The van der Waals surface area contributed by atoms with E-state index in [2.05, 4.69) is 5.32 Å². The Morgan fingerprint density at radius 1 is 0.953 bits per heavy atom. The molecule has 0 saturated carbocycles. The van der Waals surface area contributed by atoms with Crippen LogP contribution in [0.2, 0.25) is 5.02 Å². The Labute approximate surface area is 247 Å². The van der Waals surface area contributed by atoms with Gasteiger partial charge in [-0.3, -0.25) is 4.79 Å². The van der Waals surface area contributed by atoms with Crippen molar-refractivity contribution in [2.24, 2.45) is 5.92 Å². The minimum absolute atomic E-state index is 0.0160. The van der Waals surface area contributed by atoms with E-state index in [0.717, 1.165) is 6.07 Å². The molecule has 3 aliphatic rings. The number of sulfone groups is 2. The summed E-state index contributed by atoms with van der Waals surface area (Å²) >= 11 is 5.92. The average molecular weight is 677 g/mol. The van der Waals surface area contributed by atoms with E-state index >= 15 is 0 Å². The Balaban J connectivity index is 1.65. The minimum Gasteiger partial charge on any atom is -0.383 e. The molecule has 0 aliphatic carbocycles. The monoisotopic (exact) mass is 676 g/mol. The third-order valence-corrected chi connectivity index (χ3v) is 13.1. The van der Waals surface area contributed by atoms with Crippen LogP contribution >= 0.6 is 11.6 Å². The van der Waals surface area contributed by atoms with E-state index in [4.69, 9.17) is 11.6 Å². The van der Waals surface area contributed by atoms with Crippen LogP contribution in [-0.4, -0.2) is 70.6 Å². The molecule has 3 aliphatic heterocycles. The minimum atomic E-state index is -6.38. The van der Waals surface area contributed by atoms with E-state index in [1.165, 1.54) is 29.2 Å². The first-order valence-electron chi connectivity index (χ1n) is 13.0. The zero-order chi connectivity index (χ0) is 31.8. The van der Waals surface area contributed by atoms with Gasteiger partial charge in [0.25, 0.3) is 0 Å². The van der Waals surface area contributed by atoms with Crippen molar-refractivity contribution in [1.82, 2.24) is 4.90 Å². The van der Waals surface area contributed by atoms with Crippen molar-refractivity contribution in [3.05, 3.63) is 58.6 Å². The summed E-state index contributed by atoms with van der Waals surface area (Å²) in [5.74, 6) is -1.70. The quantitative estimate of drug-likeness (QED) is 0.450. The molecule has 236 valence electrons. The molecule has 2 unspecified atom stereocenters. The molecule has 2 aromatic carbocycles. The van der Waals surface area contributed by atoms with Crippen LogP contribution < -0.4 is 5.32 Å². The van der Waals surface area contributed by atoms with E-state index in [-0.39, 0.29) is 58.9 Å². The van der Waals surface area contributed by atoms with Crippen LogP contribution in [0.25, 0.3) is 0 Å². The molecule has 5 rings (SSSR count). The van der Waals surface area contributed by atoms with Gasteiger partial charge in [-0.1, -0.05) is 23.7 Å². The van der Waals surface area contributed by atoms with E-state index in [9.17, 15) is 52.4 Å². The summed E-state index contributed by atoms with van der Waals surface area (Å²) in [6.07, 6.45) is -13.0. The van der Waals surface area contributed by atoms with Crippen LogP contribution in [-0.2, 0) is 34.9 Å². The molecular formula is C26H24ClF7N2O5S2. The molecule has 0 aromatic heterocycles. The molecule has 17 heteroatoms. The van der Waals surface area contributed by atoms with E-state index in [0.29, 0.717) is 6.07 Å². The number of amides is 1. The summed E-state index contributed by atoms with van der Waals surface area (Å²) in [7, 11) is -7.87. The van der Waals surface area contributed by atoms with Gasteiger partial charge >= 0.3 is 18.0 Å². The topological polar surface area (TPSA) is 101 Å². The highest BCUT2D eigenvalue weighted by atomic mass is 35.5. The average Bonchev–Trinajstić information content (AvgIpc) is 3.32. The van der Waals surface area contributed by atoms with Gasteiger partial charge in [-0.2, -0.15) is 26.3 Å². The fourth-order valence-corrected chi connectivity index (χ4v) is 10.3. The lowest BCUT2D eigenvalue weighted by Crippen LogP contribution is -2.56. The summed E-state index contributed by atoms with van der Waals surface area (Å²) in [5, 5.41) is 2.82. The molecule has 1 amide bonds. The normalized spacial score (nSPS) is 24.7. The van der Waals surface area contributed by atoms with Crippen molar-refractivity contribution in [3.8, 4) is 0 Å². The summed E-state index contributed by atoms with van der Waals surface area (Å²) in [6.45, 7) is -0.558. The van der Waals surface area contributed by atoms with Gasteiger partial charge in [0.15, 0.2) is 9.84 Å². The lowest BCUT2D eigenvalue weighted by atomic mass is 9.83. The number of hydrogen-bond acceptors (Lipinski definition) is 6. The first-order valence-corrected chi connectivity index (χ1v) is 16.7. The van der Waals surface area contributed by atoms with Crippen LogP contribution in [0, 0.1) is 5.92 Å². The SMILES string of the molecule is O=C(C1CCS(=O)(=O)CC1)N1CCC2(S(=O)(=O)c3ccc(Cl)cc3)c3ccc(C(F)(C(F)(F)F)C(F)(F)F)cc3NCC12. The number of nitrogens with one attached hydrogen (secondary N) is 1. The Bertz CT molecular complexity index is 1640. The number of nitrogens with zero attached hydrogens (tertiary/aromatic N) is 1. The highest BCUT2D eigenvalue weighted by Gasteiger charge is 2.74. The second kappa shape index (κ2) is 10.2. The smallest absolute Gasteiger partial charge is 0.383 e. The molecule has 0 radical (unpaired) electrons. The molecule has 2 saturated heterocycles. The lowest BCUT2D eigenvalue weighted by Gasteiger charge is -2.44. The van der Waals surface area contributed by atoms with Crippen molar-refractivity contribution in [3.63, 3.8) is 0 Å². The summed E-state index contributed by atoms with van der Waals surface area (Å²) in [4.78, 5) is 14.6. The van der Waals surface area contributed by atoms with Crippen LogP contribution in [0.4, 0.5) is 36.4 Å². The third kappa shape index (κ3) is 4.87. The van der Waals surface area contributed by atoms with Crippen molar-refractivity contribution in [2.75, 3.05) is 29.9 Å². The van der Waals surface area contributed by atoms with Crippen LogP contribution in [0.3, 0.4) is 0 Å². The molecular weight excluding hydrogens is 653 g/mol. The summed E-state index contributed by atoms with van der Waals surface area (Å²) in [5.41, 5.74) is -8.21. The number of carbonyl (C=O) groups is 1. The van der Waals surface area contributed by atoms with Crippen molar-refractivity contribution < 1.29 is 52.4 Å². The molecule has 2 atom stereocenters. The van der Waals surface area contributed by atoms with Gasteiger partial charge < -0.3 is 10.2 Å². The van der Waals surface area contributed by atoms with Gasteiger partial charge in [0, 0.05) is 35.3 Å². The van der Waals surface area contributed by atoms with Crippen molar-refractivity contribution in [2.45, 2.75) is 53.0 Å². The van der Waals surface area contributed by atoms with Gasteiger partial charge in [0.1, 0.15) is 14.6 Å². The Morgan fingerprint density at radius 2 is 1.53 bits per heavy atom. The number of benzene rings is 2. The first-order chi connectivity index (χ1) is 19.8. The number of alkyl halides is 7. The maximum Gasteiger partial charge on any atom is 0.435 e. The van der Waals surface area contributed by atoms with E-state index in [1.54, 1.807) is 0 Å². The van der Waals surface area contributed by atoms with Gasteiger partial charge in [0.2, 0.25) is 5.91 Å². The predicted molar refractivity (Wildman–Crippen MR) is 142 cm³/mol. The number of carbonyl (C=O) groups excluding carboxylic acids is 1. The second-order valence-corrected chi connectivity index (χ2v) is 15.8. The second-order valence-electron chi connectivity index (χ2n) is 10.9. The first kappa shape index (κ1) is 31.8. The largest absolute Gasteiger partial charge is 0.435 e. The Morgan fingerprint density at radius 3 is 2.09 bits per heavy atom. The highest BCUT2D eigenvalue weighted by Crippen LogP contribution is 2.57. The number of likely N-dealkylation sites (tertiary alicyclic amines) is 1. The Hall–Kier alpha value is -2.59. The van der Waals surface area contributed by atoms with Gasteiger partial charge in [-0.25, -0.2) is 21.2 Å².